The number of esters is 1. The number of amides is 1. The van der Waals surface area contributed by atoms with Gasteiger partial charge in [-0.15, -0.1) is 0 Å². The van der Waals surface area contributed by atoms with E-state index in [2.05, 4.69) is 5.32 Å². The first-order valence-corrected chi connectivity index (χ1v) is 9.30. The van der Waals surface area contributed by atoms with Crippen LogP contribution in [0.2, 0.25) is 0 Å². The fourth-order valence-electron chi connectivity index (χ4n) is 2.94. The summed E-state index contributed by atoms with van der Waals surface area (Å²) in [6.45, 7) is 6.22. The Morgan fingerprint density at radius 2 is 1.48 bits per heavy atom. The van der Waals surface area contributed by atoms with E-state index in [0.717, 1.165) is 11.1 Å². The number of benzene rings is 2. The van der Waals surface area contributed by atoms with Crippen molar-refractivity contribution < 1.29 is 14.3 Å². The van der Waals surface area contributed by atoms with E-state index in [1.807, 2.05) is 79.4 Å². The fourth-order valence-corrected chi connectivity index (χ4v) is 2.94. The average molecular weight is 368 g/mol. The predicted octanol–water partition coefficient (Wildman–Crippen LogP) is 3.49. The summed E-state index contributed by atoms with van der Waals surface area (Å²) in [5.74, 6) is -0.456. The van der Waals surface area contributed by atoms with Crippen molar-refractivity contribution in [3.63, 3.8) is 0 Å². The van der Waals surface area contributed by atoms with Gasteiger partial charge < -0.3 is 10.1 Å². The summed E-state index contributed by atoms with van der Waals surface area (Å²) in [5, 5.41) is 3.01. The van der Waals surface area contributed by atoms with Crippen LogP contribution in [-0.2, 0) is 14.3 Å². The normalized spacial score (nSPS) is 13.0. The van der Waals surface area contributed by atoms with Gasteiger partial charge in [-0.3, -0.25) is 14.5 Å². The molecule has 0 aromatic heterocycles. The monoisotopic (exact) mass is 368 g/mol. The SMILES string of the molecule is CCOC(=O)CN(CC(=O)N[C@H](C)c1ccccc1)[C@H](C)c1ccccc1. The maximum Gasteiger partial charge on any atom is 0.320 e. The third kappa shape index (κ3) is 6.53. The molecular weight excluding hydrogens is 340 g/mol. The highest BCUT2D eigenvalue weighted by atomic mass is 16.5. The van der Waals surface area contributed by atoms with Crippen LogP contribution in [0.3, 0.4) is 0 Å². The Bertz CT molecular complexity index is 719. The lowest BCUT2D eigenvalue weighted by atomic mass is 10.1. The smallest absolute Gasteiger partial charge is 0.320 e. The van der Waals surface area contributed by atoms with Crippen LogP contribution in [-0.4, -0.2) is 36.5 Å². The van der Waals surface area contributed by atoms with Gasteiger partial charge in [0.15, 0.2) is 0 Å². The first-order chi connectivity index (χ1) is 13.0. The summed E-state index contributed by atoms with van der Waals surface area (Å²) in [6, 6.07) is 19.4. The van der Waals surface area contributed by atoms with Crippen molar-refractivity contribution in [2.75, 3.05) is 19.7 Å². The van der Waals surface area contributed by atoms with Crippen molar-refractivity contribution in [1.29, 1.82) is 0 Å². The van der Waals surface area contributed by atoms with Crippen LogP contribution in [0.15, 0.2) is 60.7 Å². The Kier molecular flexibility index (Phi) is 8.01. The minimum atomic E-state index is -0.329. The third-order valence-corrected chi connectivity index (χ3v) is 4.49. The van der Waals surface area contributed by atoms with E-state index in [-0.39, 0.29) is 37.0 Å². The number of rotatable bonds is 9. The van der Waals surface area contributed by atoms with E-state index in [4.69, 9.17) is 4.74 Å². The minimum Gasteiger partial charge on any atom is -0.465 e. The molecular formula is C22H28N2O3. The zero-order valence-electron chi connectivity index (χ0n) is 16.2. The Labute approximate surface area is 161 Å². The number of nitrogens with zero attached hydrogens (tertiary/aromatic N) is 1. The molecule has 0 radical (unpaired) electrons. The summed E-state index contributed by atoms with van der Waals surface area (Å²) >= 11 is 0. The highest BCUT2D eigenvalue weighted by Gasteiger charge is 2.22. The molecule has 2 atom stereocenters. The second-order valence-electron chi connectivity index (χ2n) is 6.50. The maximum absolute atomic E-state index is 12.6. The largest absolute Gasteiger partial charge is 0.465 e. The second-order valence-corrected chi connectivity index (χ2v) is 6.50. The molecule has 0 heterocycles. The molecule has 0 unspecified atom stereocenters. The summed E-state index contributed by atoms with van der Waals surface area (Å²) in [6.07, 6.45) is 0. The van der Waals surface area contributed by atoms with Crippen molar-refractivity contribution in [2.24, 2.45) is 0 Å². The lowest BCUT2D eigenvalue weighted by Crippen LogP contribution is -2.42. The summed E-state index contributed by atoms with van der Waals surface area (Å²) in [7, 11) is 0. The molecule has 0 aliphatic carbocycles. The van der Waals surface area contributed by atoms with E-state index in [1.54, 1.807) is 6.92 Å². The van der Waals surface area contributed by atoms with Crippen LogP contribution in [0.5, 0.6) is 0 Å². The van der Waals surface area contributed by atoms with Crippen molar-refractivity contribution in [1.82, 2.24) is 10.2 Å². The Balaban J connectivity index is 2.06. The summed E-state index contributed by atoms with van der Waals surface area (Å²) < 4.78 is 5.08. The van der Waals surface area contributed by atoms with Crippen LogP contribution in [0.1, 0.15) is 44.0 Å². The van der Waals surface area contributed by atoms with Crippen molar-refractivity contribution in [2.45, 2.75) is 32.9 Å². The zero-order chi connectivity index (χ0) is 19.6. The molecule has 2 aromatic rings. The van der Waals surface area contributed by atoms with Gasteiger partial charge in [0, 0.05) is 6.04 Å². The number of ether oxygens (including phenoxy) is 1. The molecule has 2 aromatic carbocycles. The molecule has 0 aliphatic heterocycles. The highest BCUT2D eigenvalue weighted by Crippen LogP contribution is 2.20. The molecule has 144 valence electrons. The van der Waals surface area contributed by atoms with E-state index >= 15 is 0 Å². The predicted molar refractivity (Wildman–Crippen MR) is 106 cm³/mol. The number of hydrogen-bond acceptors (Lipinski definition) is 4. The molecule has 1 N–H and O–H groups in total. The first kappa shape index (κ1) is 20.6. The van der Waals surface area contributed by atoms with Gasteiger partial charge in [0.1, 0.15) is 0 Å². The van der Waals surface area contributed by atoms with Gasteiger partial charge in [0.2, 0.25) is 5.91 Å². The fraction of sp³-hybridized carbons (Fsp3) is 0.364. The topological polar surface area (TPSA) is 58.6 Å². The zero-order valence-corrected chi connectivity index (χ0v) is 16.2. The molecule has 0 aliphatic rings. The number of carbonyl (C=O) groups excluding carboxylic acids is 2. The Morgan fingerprint density at radius 3 is 2.04 bits per heavy atom. The second kappa shape index (κ2) is 10.5. The van der Waals surface area contributed by atoms with E-state index in [9.17, 15) is 9.59 Å². The van der Waals surface area contributed by atoms with Gasteiger partial charge in [-0.2, -0.15) is 0 Å². The Hall–Kier alpha value is -2.66. The van der Waals surface area contributed by atoms with Crippen LogP contribution in [0.4, 0.5) is 0 Å². The van der Waals surface area contributed by atoms with Crippen molar-refractivity contribution in [3.8, 4) is 0 Å². The molecule has 0 bridgehead atoms. The first-order valence-electron chi connectivity index (χ1n) is 9.30. The average Bonchev–Trinajstić information content (AvgIpc) is 2.68. The van der Waals surface area contributed by atoms with E-state index in [1.165, 1.54) is 0 Å². The molecule has 1 amide bonds. The van der Waals surface area contributed by atoms with Gasteiger partial charge in [-0.05, 0) is 31.9 Å². The van der Waals surface area contributed by atoms with Gasteiger partial charge in [0.05, 0.1) is 25.7 Å². The number of hydrogen-bond donors (Lipinski definition) is 1. The van der Waals surface area contributed by atoms with Crippen LogP contribution in [0.25, 0.3) is 0 Å². The van der Waals surface area contributed by atoms with Crippen LogP contribution < -0.4 is 5.32 Å². The highest BCUT2D eigenvalue weighted by molar-refractivity contribution is 5.79. The standard InChI is InChI=1S/C22H28N2O3/c1-4-27-22(26)16-24(18(3)20-13-9-6-10-14-20)15-21(25)23-17(2)19-11-7-5-8-12-19/h5-14,17-18H,4,15-16H2,1-3H3,(H,23,25)/t17-,18-/m1/s1. The number of carbonyl (C=O) groups is 2. The summed E-state index contributed by atoms with van der Waals surface area (Å²) in [5.41, 5.74) is 2.09. The van der Waals surface area contributed by atoms with E-state index < -0.39 is 0 Å². The minimum absolute atomic E-state index is 0.0665. The van der Waals surface area contributed by atoms with Crippen LogP contribution in [0, 0.1) is 0 Å². The molecule has 5 heteroatoms. The lowest BCUT2D eigenvalue weighted by molar-refractivity contribution is -0.145. The van der Waals surface area contributed by atoms with Gasteiger partial charge in [0.25, 0.3) is 0 Å². The maximum atomic E-state index is 12.6. The molecule has 5 nitrogen and oxygen atoms in total. The molecule has 0 saturated carbocycles. The number of nitrogens with one attached hydrogen (secondary N) is 1. The molecule has 0 fully saturated rings. The Morgan fingerprint density at radius 1 is 0.926 bits per heavy atom. The summed E-state index contributed by atoms with van der Waals surface area (Å²) in [4.78, 5) is 26.5. The van der Waals surface area contributed by atoms with Gasteiger partial charge in [-0.1, -0.05) is 60.7 Å². The molecule has 27 heavy (non-hydrogen) atoms. The van der Waals surface area contributed by atoms with Gasteiger partial charge in [-0.25, -0.2) is 0 Å². The quantitative estimate of drug-likeness (QED) is 0.689. The molecule has 2 rings (SSSR count). The van der Waals surface area contributed by atoms with Gasteiger partial charge >= 0.3 is 5.97 Å². The third-order valence-electron chi connectivity index (χ3n) is 4.49. The molecule has 0 spiro atoms. The van der Waals surface area contributed by atoms with E-state index in [0.29, 0.717) is 6.61 Å². The molecule has 0 saturated heterocycles. The van der Waals surface area contributed by atoms with Crippen LogP contribution >= 0.6 is 0 Å². The van der Waals surface area contributed by atoms with Crippen molar-refractivity contribution in [3.05, 3.63) is 71.8 Å². The lowest BCUT2D eigenvalue weighted by Gasteiger charge is -2.28. The van der Waals surface area contributed by atoms with Crippen molar-refractivity contribution >= 4 is 11.9 Å².